The molecule has 1 aliphatic rings. The molecule has 0 spiro atoms. The Morgan fingerprint density at radius 2 is 1.92 bits per heavy atom. The van der Waals surface area contributed by atoms with Crippen molar-refractivity contribution < 1.29 is 19.1 Å². The van der Waals surface area contributed by atoms with Crippen LogP contribution in [0.1, 0.15) is 18.9 Å². The van der Waals surface area contributed by atoms with E-state index in [1.165, 1.54) is 4.90 Å². The van der Waals surface area contributed by atoms with Crippen molar-refractivity contribution >= 4 is 17.6 Å². The zero-order chi connectivity index (χ0) is 17.7. The van der Waals surface area contributed by atoms with E-state index in [9.17, 15) is 9.59 Å². The molecule has 0 unspecified atom stereocenters. The van der Waals surface area contributed by atoms with Gasteiger partial charge in [0.2, 0.25) is 0 Å². The summed E-state index contributed by atoms with van der Waals surface area (Å²) in [5.41, 5.74) is 2.21. The molecule has 24 heavy (non-hydrogen) atoms. The molecule has 0 bridgehead atoms. The summed E-state index contributed by atoms with van der Waals surface area (Å²) < 4.78 is 10.5. The number of carbonyl (C=O) groups excluding carboxylic acids is 2. The minimum Gasteiger partial charge on any atom is -0.463 e. The smallest absolute Gasteiger partial charge is 0.414 e. The zero-order valence-corrected chi connectivity index (χ0v) is 14.4. The minimum absolute atomic E-state index is 0.329. The summed E-state index contributed by atoms with van der Waals surface area (Å²) in [4.78, 5) is 27.1. The summed E-state index contributed by atoms with van der Waals surface area (Å²) in [6.45, 7) is 2.10. The molecule has 1 aliphatic heterocycles. The maximum absolute atomic E-state index is 12.0. The molecule has 1 aromatic carbocycles. The highest BCUT2D eigenvalue weighted by Crippen LogP contribution is 2.33. The molecule has 6 heteroatoms. The van der Waals surface area contributed by atoms with Gasteiger partial charge in [-0.2, -0.15) is 0 Å². The maximum atomic E-state index is 12.0. The van der Waals surface area contributed by atoms with Crippen LogP contribution in [-0.2, 0) is 9.53 Å². The molecule has 0 atom stereocenters. The Bertz CT molecular complexity index is 692. The Balaban J connectivity index is 2.28. The maximum Gasteiger partial charge on any atom is 0.414 e. The quantitative estimate of drug-likeness (QED) is 0.795. The molecule has 1 amide bonds. The van der Waals surface area contributed by atoms with E-state index in [2.05, 4.69) is 0 Å². The first kappa shape index (κ1) is 17.6. The van der Waals surface area contributed by atoms with E-state index in [0.717, 1.165) is 11.1 Å². The lowest BCUT2D eigenvalue weighted by Crippen LogP contribution is -2.25. The van der Waals surface area contributed by atoms with E-state index in [0.29, 0.717) is 24.4 Å². The van der Waals surface area contributed by atoms with Crippen molar-refractivity contribution in [2.45, 2.75) is 13.3 Å². The second kappa shape index (κ2) is 7.68. The molecule has 6 nitrogen and oxygen atoms in total. The number of hydrogen-bond acceptors (Lipinski definition) is 5. The van der Waals surface area contributed by atoms with Gasteiger partial charge in [-0.05, 0) is 18.6 Å². The number of nitrogens with zero attached hydrogens (tertiary/aromatic N) is 2. The predicted molar refractivity (Wildman–Crippen MR) is 91.2 cm³/mol. The number of amides is 1. The van der Waals surface area contributed by atoms with E-state index in [1.54, 1.807) is 44.3 Å². The fourth-order valence-corrected chi connectivity index (χ4v) is 2.35. The number of carbonyl (C=O) groups is 2. The van der Waals surface area contributed by atoms with Crippen LogP contribution in [0.2, 0.25) is 0 Å². The number of esters is 1. The highest BCUT2D eigenvalue weighted by molar-refractivity contribution is 5.92. The van der Waals surface area contributed by atoms with Gasteiger partial charge < -0.3 is 19.3 Å². The van der Waals surface area contributed by atoms with Gasteiger partial charge in [-0.1, -0.05) is 18.2 Å². The molecule has 1 heterocycles. The molecule has 0 aliphatic carbocycles. The fourth-order valence-electron chi connectivity index (χ4n) is 2.35. The third-order valence-electron chi connectivity index (χ3n) is 3.43. The van der Waals surface area contributed by atoms with Crippen molar-refractivity contribution in [1.82, 2.24) is 9.80 Å². The second-order valence-electron chi connectivity index (χ2n) is 5.63. The monoisotopic (exact) mass is 330 g/mol. The molecule has 1 aromatic rings. The molecule has 0 saturated heterocycles. The van der Waals surface area contributed by atoms with Crippen LogP contribution in [-0.4, -0.2) is 49.6 Å². The van der Waals surface area contributed by atoms with Gasteiger partial charge >= 0.3 is 12.1 Å². The Hall–Kier alpha value is -2.76. The summed E-state index contributed by atoms with van der Waals surface area (Å²) in [5, 5.41) is 0. The molecule has 0 N–H and O–H groups in total. The van der Waals surface area contributed by atoms with Crippen molar-refractivity contribution in [1.29, 1.82) is 0 Å². The normalized spacial score (nSPS) is 13.8. The molecule has 0 fully saturated rings. The van der Waals surface area contributed by atoms with Gasteiger partial charge in [0, 0.05) is 45.5 Å². The highest BCUT2D eigenvalue weighted by atomic mass is 16.6. The summed E-state index contributed by atoms with van der Waals surface area (Å²) >= 11 is 0. The largest absolute Gasteiger partial charge is 0.463 e. The number of ether oxygens (including phenoxy) is 2. The Morgan fingerprint density at radius 3 is 2.58 bits per heavy atom. The van der Waals surface area contributed by atoms with E-state index >= 15 is 0 Å². The zero-order valence-electron chi connectivity index (χ0n) is 14.4. The predicted octanol–water partition coefficient (Wildman–Crippen LogP) is 2.87. The minimum atomic E-state index is -0.451. The van der Waals surface area contributed by atoms with E-state index in [4.69, 9.17) is 9.47 Å². The summed E-state index contributed by atoms with van der Waals surface area (Å²) in [5.74, 6) is 0.124. The third kappa shape index (κ3) is 4.16. The van der Waals surface area contributed by atoms with Crippen molar-refractivity contribution in [2.24, 2.45) is 0 Å². The van der Waals surface area contributed by atoms with Crippen LogP contribution in [0.25, 0.3) is 5.57 Å². The first-order valence-electron chi connectivity index (χ1n) is 7.71. The van der Waals surface area contributed by atoms with Crippen molar-refractivity contribution in [2.75, 3.05) is 27.7 Å². The Labute approximate surface area is 141 Å². The first-order chi connectivity index (χ1) is 11.4. The topological polar surface area (TPSA) is 59.1 Å². The van der Waals surface area contributed by atoms with Crippen LogP contribution in [0.5, 0.6) is 5.75 Å². The van der Waals surface area contributed by atoms with E-state index in [1.807, 2.05) is 25.4 Å². The Kier molecular flexibility index (Phi) is 5.63. The second-order valence-corrected chi connectivity index (χ2v) is 5.63. The number of para-hydroxylation sites is 1. The lowest BCUT2D eigenvalue weighted by molar-refractivity contribution is -0.138. The van der Waals surface area contributed by atoms with Gasteiger partial charge in [0.1, 0.15) is 5.75 Å². The standard InChI is InChI=1S/C18H22N2O4/c1-5-23-17(21)14-10-13(11-20(4)12-14)15-8-6-7-9-16(15)24-18(22)19(2)3/h6-9,11-12H,5,10H2,1-4H3. The molecule has 128 valence electrons. The first-order valence-corrected chi connectivity index (χ1v) is 7.71. The van der Waals surface area contributed by atoms with E-state index in [-0.39, 0.29) is 5.97 Å². The average molecular weight is 330 g/mol. The molecule has 0 saturated carbocycles. The molecule has 2 rings (SSSR count). The van der Waals surface area contributed by atoms with Crippen LogP contribution in [0.4, 0.5) is 4.79 Å². The summed E-state index contributed by atoms with van der Waals surface area (Å²) in [7, 11) is 5.09. The number of hydrogen-bond donors (Lipinski definition) is 0. The Morgan fingerprint density at radius 1 is 1.21 bits per heavy atom. The third-order valence-corrected chi connectivity index (χ3v) is 3.43. The molecule has 0 aromatic heterocycles. The van der Waals surface area contributed by atoms with Crippen LogP contribution in [0.15, 0.2) is 42.2 Å². The van der Waals surface area contributed by atoms with Crippen molar-refractivity contribution in [3.63, 3.8) is 0 Å². The van der Waals surface area contributed by atoms with Crippen molar-refractivity contribution in [3.05, 3.63) is 47.8 Å². The molecular formula is C18H22N2O4. The van der Waals surface area contributed by atoms with Crippen LogP contribution < -0.4 is 4.74 Å². The van der Waals surface area contributed by atoms with Gasteiger partial charge in [0.15, 0.2) is 0 Å². The SMILES string of the molecule is CCOC(=O)C1=CN(C)C=C(c2ccccc2OC(=O)N(C)C)C1. The van der Waals surface area contributed by atoms with Crippen LogP contribution in [0.3, 0.4) is 0 Å². The van der Waals surface area contributed by atoms with Crippen LogP contribution in [0, 0.1) is 0 Å². The van der Waals surface area contributed by atoms with E-state index < -0.39 is 6.09 Å². The lowest BCUT2D eigenvalue weighted by Gasteiger charge is -2.22. The van der Waals surface area contributed by atoms with Gasteiger partial charge in [0.25, 0.3) is 0 Å². The highest BCUT2D eigenvalue weighted by Gasteiger charge is 2.21. The van der Waals surface area contributed by atoms with Gasteiger partial charge in [-0.3, -0.25) is 0 Å². The van der Waals surface area contributed by atoms with Gasteiger partial charge in [0.05, 0.1) is 12.2 Å². The van der Waals surface area contributed by atoms with Crippen molar-refractivity contribution in [3.8, 4) is 5.75 Å². The van der Waals surface area contributed by atoms with Crippen LogP contribution >= 0.6 is 0 Å². The summed E-state index contributed by atoms with van der Waals surface area (Å²) in [6, 6.07) is 7.27. The molecule has 0 radical (unpaired) electrons. The lowest BCUT2D eigenvalue weighted by atomic mass is 9.96. The number of rotatable bonds is 4. The van der Waals surface area contributed by atoms with Gasteiger partial charge in [-0.25, -0.2) is 9.59 Å². The summed E-state index contributed by atoms with van der Waals surface area (Å²) in [6.07, 6.45) is 3.62. The fraction of sp³-hybridized carbons (Fsp3) is 0.333. The number of benzene rings is 1. The van der Waals surface area contributed by atoms with Gasteiger partial charge in [-0.15, -0.1) is 0 Å². The molecular weight excluding hydrogens is 308 g/mol. The number of allylic oxidation sites excluding steroid dienone is 1. The average Bonchev–Trinajstić information content (AvgIpc) is 2.54.